The van der Waals surface area contributed by atoms with Crippen molar-refractivity contribution in [3.05, 3.63) is 71.8 Å². The van der Waals surface area contributed by atoms with Gasteiger partial charge in [0.15, 0.2) is 0 Å². The third kappa shape index (κ3) is 7.51. The number of benzene rings is 2. The Kier molecular flexibility index (Phi) is 8.99. The second kappa shape index (κ2) is 11.5. The summed E-state index contributed by atoms with van der Waals surface area (Å²) in [5.74, 6) is 0. The molecule has 0 heterocycles. The Morgan fingerprint density at radius 1 is 0.844 bits per heavy atom. The fourth-order valence-corrected chi connectivity index (χ4v) is 2.88. The highest BCUT2D eigenvalue weighted by molar-refractivity contribution is 5.70. The molecule has 2 aromatic carbocycles. The Balaban J connectivity index is 2.06. The summed E-state index contributed by atoms with van der Waals surface area (Å²) in [5, 5.41) is 2.27. The molecule has 0 unspecified atom stereocenters. The molecular formula is C24H30F2N2O4. The maximum Gasteiger partial charge on any atom is 0.410 e. The molecule has 0 fully saturated rings. The van der Waals surface area contributed by atoms with Crippen molar-refractivity contribution in [3.63, 3.8) is 0 Å². The van der Waals surface area contributed by atoms with Crippen LogP contribution in [0.3, 0.4) is 0 Å². The van der Waals surface area contributed by atoms with Crippen molar-refractivity contribution in [2.24, 2.45) is 0 Å². The normalized spacial score (nSPS) is 11.5. The Labute approximate surface area is 187 Å². The predicted octanol–water partition coefficient (Wildman–Crippen LogP) is 5.03. The van der Waals surface area contributed by atoms with Crippen LogP contribution in [0, 0.1) is 0 Å². The van der Waals surface area contributed by atoms with Crippen LogP contribution in [-0.2, 0) is 22.7 Å². The van der Waals surface area contributed by atoms with Gasteiger partial charge in [0.05, 0.1) is 6.54 Å². The van der Waals surface area contributed by atoms with Crippen LogP contribution in [0.25, 0.3) is 0 Å². The van der Waals surface area contributed by atoms with Crippen molar-refractivity contribution in [2.45, 2.75) is 45.1 Å². The zero-order valence-corrected chi connectivity index (χ0v) is 18.6. The van der Waals surface area contributed by atoms with Gasteiger partial charge in [-0.3, -0.25) is 0 Å². The summed E-state index contributed by atoms with van der Waals surface area (Å²) >= 11 is 0. The second-order valence-electron chi connectivity index (χ2n) is 8.53. The summed E-state index contributed by atoms with van der Waals surface area (Å²) in [6, 6.07) is 18.0. The highest BCUT2D eigenvalue weighted by Crippen LogP contribution is 2.21. The largest absolute Gasteiger partial charge is 0.445 e. The topological polar surface area (TPSA) is 67.9 Å². The van der Waals surface area contributed by atoms with E-state index >= 15 is 0 Å². The lowest BCUT2D eigenvalue weighted by atomic mass is 9.98. The molecule has 0 radical (unpaired) electrons. The summed E-state index contributed by atoms with van der Waals surface area (Å²) in [5.41, 5.74) is -1.28. The number of alkyl halides is 2. The fourth-order valence-electron chi connectivity index (χ4n) is 2.88. The number of nitrogens with one attached hydrogen (secondary N) is 1. The second-order valence-corrected chi connectivity index (χ2v) is 8.53. The molecule has 2 aromatic rings. The predicted molar refractivity (Wildman–Crippen MR) is 118 cm³/mol. The van der Waals surface area contributed by atoms with E-state index in [9.17, 15) is 18.4 Å². The molecule has 0 aromatic heterocycles. The van der Waals surface area contributed by atoms with E-state index in [-0.39, 0.29) is 13.2 Å². The number of rotatable bonds is 9. The molecule has 0 bridgehead atoms. The first-order chi connectivity index (χ1) is 15.2. The van der Waals surface area contributed by atoms with Crippen LogP contribution in [0.4, 0.5) is 18.4 Å². The molecule has 0 spiro atoms. The quantitative estimate of drug-likeness (QED) is 0.584. The minimum Gasteiger partial charge on any atom is -0.445 e. The lowest BCUT2D eigenvalue weighted by Gasteiger charge is -2.41. The average Bonchev–Trinajstić information content (AvgIpc) is 2.79. The number of alkyl carbamates (subject to hydrolysis) is 1. The number of hydrogen-bond donors (Lipinski definition) is 1. The van der Waals surface area contributed by atoms with Gasteiger partial charge in [-0.2, -0.15) is 0 Å². The summed E-state index contributed by atoms with van der Waals surface area (Å²) in [6.45, 7) is 2.20. The third-order valence-electron chi connectivity index (χ3n) is 4.79. The van der Waals surface area contributed by atoms with Crippen molar-refractivity contribution in [2.75, 3.05) is 19.9 Å². The first-order valence-electron chi connectivity index (χ1n) is 10.3. The smallest absolute Gasteiger partial charge is 0.410 e. The van der Waals surface area contributed by atoms with E-state index < -0.39 is 43.2 Å². The van der Waals surface area contributed by atoms with Gasteiger partial charge in [-0.05, 0) is 31.9 Å². The highest BCUT2D eigenvalue weighted by Gasteiger charge is 2.41. The molecule has 2 rings (SSSR count). The molecule has 6 nitrogen and oxygen atoms in total. The zero-order chi connectivity index (χ0) is 23.6. The van der Waals surface area contributed by atoms with Crippen LogP contribution in [-0.4, -0.2) is 48.1 Å². The molecule has 2 amide bonds. The molecule has 0 aliphatic heterocycles. The molecule has 32 heavy (non-hydrogen) atoms. The molecule has 8 heteroatoms. The van der Waals surface area contributed by atoms with E-state index in [2.05, 4.69) is 5.32 Å². The van der Waals surface area contributed by atoms with Crippen LogP contribution in [0.2, 0.25) is 0 Å². The number of halogens is 2. The average molecular weight is 449 g/mol. The number of amides is 2. The first kappa shape index (κ1) is 25.1. The van der Waals surface area contributed by atoms with Gasteiger partial charge in [0.25, 0.3) is 0 Å². The first-order valence-corrected chi connectivity index (χ1v) is 10.3. The van der Waals surface area contributed by atoms with Gasteiger partial charge in [0, 0.05) is 5.54 Å². The number of hydrogen-bond acceptors (Lipinski definition) is 4. The van der Waals surface area contributed by atoms with Gasteiger partial charge in [-0.15, -0.1) is 0 Å². The van der Waals surface area contributed by atoms with Crippen molar-refractivity contribution < 1.29 is 27.8 Å². The van der Waals surface area contributed by atoms with Gasteiger partial charge >= 0.3 is 12.2 Å². The molecule has 0 atom stereocenters. The maximum absolute atomic E-state index is 14.0. The number of carbonyl (C=O) groups is 2. The van der Waals surface area contributed by atoms with Crippen LogP contribution in [0.5, 0.6) is 0 Å². The van der Waals surface area contributed by atoms with E-state index in [1.165, 1.54) is 4.90 Å². The van der Waals surface area contributed by atoms with E-state index in [0.717, 1.165) is 11.1 Å². The minimum absolute atomic E-state index is 0.0110. The van der Waals surface area contributed by atoms with Crippen molar-refractivity contribution in [3.8, 4) is 0 Å². The summed E-state index contributed by atoms with van der Waals surface area (Å²) < 4.78 is 38.5. The van der Waals surface area contributed by atoms with Gasteiger partial charge in [-0.1, -0.05) is 60.7 Å². The molecule has 1 N–H and O–H groups in total. The van der Waals surface area contributed by atoms with Gasteiger partial charge in [0.2, 0.25) is 0 Å². The number of ether oxygens (including phenoxy) is 2. The Hall–Kier alpha value is -3.16. The van der Waals surface area contributed by atoms with E-state index in [1.54, 1.807) is 57.2 Å². The molecular weight excluding hydrogens is 418 g/mol. The summed E-state index contributed by atoms with van der Waals surface area (Å²) in [4.78, 5) is 26.2. The Bertz CT molecular complexity index is 853. The van der Waals surface area contributed by atoms with Crippen LogP contribution >= 0.6 is 0 Å². The number of nitrogens with zero attached hydrogens (tertiary/aromatic N) is 1. The van der Waals surface area contributed by atoms with E-state index in [4.69, 9.17) is 9.47 Å². The van der Waals surface area contributed by atoms with Crippen LogP contribution < -0.4 is 5.32 Å². The Morgan fingerprint density at radius 2 is 1.31 bits per heavy atom. The maximum atomic E-state index is 14.0. The third-order valence-corrected chi connectivity index (χ3v) is 4.79. The monoisotopic (exact) mass is 448 g/mol. The highest BCUT2D eigenvalue weighted by atomic mass is 19.1. The van der Waals surface area contributed by atoms with Gasteiger partial charge < -0.3 is 19.7 Å². The van der Waals surface area contributed by atoms with Gasteiger partial charge in [0.1, 0.15) is 32.1 Å². The lowest BCUT2D eigenvalue weighted by Crippen LogP contribution is -2.63. The SMILES string of the molecule is CC(C)(C)N(CC(CF)(CF)NC(=O)OCc1ccccc1)C(=O)OCc1ccccc1. The van der Waals surface area contributed by atoms with Gasteiger partial charge in [-0.25, -0.2) is 18.4 Å². The lowest BCUT2D eigenvalue weighted by molar-refractivity contribution is 0.0332. The van der Waals surface area contributed by atoms with Crippen molar-refractivity contribution >= 4 is 12.2 Å². The van der Waals surface area contributed by atoms with Crippen molar-refractivity contribution in [1.29, 1.82) is 0 Å². The Morgan fingerprint density at radius 3 is 1.75 bits per heavy atom. The number of carbonyl (C=O) groups excluding carboxylic acids is 2. The summed E-state index contributed by atoms with van der Waals surface area (Å²) in [6.07, 6.45) is -1.72. The zero-order valence-electron chi connectivity index (χ0n) is 18.6. The van der Waals surface area contributed by atoms with Crippen LogP contribution in [0.15, 0.2) is 60.7 Å². The molecule has 0 aliphatic carbocycles. The molecule has 174 valence electrons. The summed E-state index contributed by atoms with van der Waals surface area (Å²) in [7, 11) is 0. The minimum atomic E-state index is -1.97. The van der Waals surface area contributed by atoms with E-state index in [0.29, 0.717) is 0 Å². The van der Waals surface area contributed by atoms with Crippen LogP contribution in [0.1, 0.15) is 31.9 Å². The molecule has 0 saturated carbocycles. The molecule has 0 aliphatic rings. The fraction of sp³-hybridized carbons (Fsp3) is 0.417. The molecule has 0 saturated heterocycles. The van der Waals surface area contributed by atoms with E-state index in [1.807, 2.05) is 24.3 Å². The van der Waals surface area contributed by atoms with Crippen molar-refractivity contribution in [1.82, 2.24) is 10.2 Å². The standard InChI is InChI=1S/C24H30F2N2O4/c1-23(2,3)28(22(30)32-15-20-12-8-5-9-13-20)18-24(16-25,17-26)27-21(29)31-14-19-10-6-4-7-11-19/h4-13H,14-18H2,1-3H3,(H,27,29).